The van der Waals surface area contributed by atoms with E-state index in [1.807, 2.05) is 30.3 Å². The van der Waals surface area contributed by atoms with Crippen LogP contribution >= 0.6 is 0 Å². The Bertz CT molecular complexity index is 1020. The Balaban J connectivity index is 1.65. The molecule has 27 heavy (non-hydrogen) atoms. The molecular weight excluding hydrogens is 342 g/mol. The van der Waals surface area contributed by atoms with Gasteiger partial charge in [0.05, 0.1) is 6.26 Å². The summed E-state index contributed by atoms with van der Waals surface area (Å²) >= 11 is 0. The Morgan fingerprint density at radius 2 is 2.07 bits per heavy atom. The molecule has 0 aliphatic carbocycles. The standard InChI is InChI=1S/C22H21NO4/c1-15-4-2-5-16(10-15)22(20-13-25-14-23-20)27-18-7-8-19-17(11-18)12-26-21(19)6-3-9-24/h2,4-5,7-8,10-14,22,24H,3,6,9H2,1H3. The highest BCUT2D eigenvalue weighted by molar-refractivity contribution is 5.85. The van der Waals surface area contributed by atoms with Gasteiger partial charge >= 0.3 is 0 Å². The SMILES string of the molecule is Cc1cccc(C(Oc2ccc3c(CCCO)occ3c2)c2cocn2)c1. The van der Waals surface area contributed by atoms with Crippen LogP contribution in [0.25, 0.3) is 10.8 Å². The smallest absolute Gasteiger partial charge is 0.180 e. The average molecular weight is 363 g/mol. The van der Waals surface area contributed by atoms with Crippen molar-refractivity contribution >= 4 is 10.8 Å². The van der Waals surface area contributed by atoms with Gasteiger partial charge in [0.1, 0.15) is 23.5 Å². The number of aryl methyl sites for hydroxylation is 2. The summed E-state index contributed by atoms with van der Waals surface area (Å²) in [6.07, 6.45) is 5.78. The molecule has 0 saturated heterocycles. The number of hydrogen-bond donors (Lipinski definition) is 1. The van der Waals surface area contributed by atoms with Crippen molar-refractivity contribution < 1.29 is 18.7 Å². The van der Waals surface area contributed by atoms with E-state index in [0.717, 1.165) is 39.1 Å². The monoisotopic (exact) mass is 363 g/mol. The zero-order valence-corrected chi connectivity index (χ0v) is 15.1. The molecule has 0 aliphatic heterocycles. The van der Waals surface area contributed by atoms with Crippen LogP contribution in [0.3, 0.4) is 0 Å². The molecule has 0 fully saturated rings. The summed E-state index contributed by atoms with van der Waals surface area (Å²) in [5.41, 5.74) is 2.89. The minimum Gasteiger partial charge on any atom is -0.479 e. The van der Waals surface area contributed by atoms with E-state index >= 15 is 0 Å². The predicted octanol–water partition coefficient (Wildman–Crippen LogP) is 4.82. The molecule has 4 rings (SSSR count). The maximum absolute atomic E-state index is 9.02. The molecule has 138 valence electrons. The summed E-state index contributed by atoms with van der Waals surface area (Å²) < 4.78 is 17.1. The second-order valence-electron chi connectivity index (χ2n) is 6.56. The lowest BCUT2D eigenvalue weighted by atomic mass is 10.0. The Hall–Kier alpha value is -3.05. The van der Waals surface area contributed by atoms with Crippen molar-refractivity contribution in [2.75, 3.05) is 6.61 Å². The topological polar surface area (TPSA) is 68.6 Å². The number of oxazole rings is 1. The van der Waals surface area contributed by atoms with Crippen molar-refractivity contribution in [3.05, 3.63) is 84.0 Å². The molecule has 1 atom stereocenters. The fourth-order valence-electron chi connectivity index (χ4n) is 3.22. The van der Waals surface area contributed by atoms with Crippen LogP contribution in [0.1, 0.15) is 35.1 Å². The fourth-order valence-corrected chi connectivity index (χ4v) is 3.22. The molecule has 0 amide bonds. The first-order valence-electron chi connectivity index (χ1n) is 8.97. The summed E-state index contributed by atoms with van der Waals surface area (Å²) in [6, 6.07) is 14.1. The van der Waals surface area contributed by atoms with Crippen molar-refractivity contribution in [3.8, 4) is 5.75 Å². The van der Waals surface area contributed by atoms with Gasteiger partial charge in [-0.3, -0.25) is 0 Å². The van der Waals surface area contributed by atoms with Gasteiger partial charge in [0.15, 0.2) is 12.5 Å². The molecule has 0 spiro atoms. The summed E-state index contributed by atoms with van der Waals surface area (Å²) in [5.74, 6) is 1.61. The molecule has 2 heterocycles. The van der Waals surface area contributed by atoms with Gasteiger partial charge < -0.3 is 18.7 Å². The van der Waals surface area contributed by atoms with E-state index in [4.69, 9.17) is 18.7 Å². The van der Waals surface area contributed by atoms with Gasteiger partial charge in [-0.25, -0.2) is 4.98 Å². The van der Waals surface area contributed by atoms with Crippen LogP contribution in [0.5, 0.6) is 5.75 Å². The zero-order valence-electron chi connectivity index (χ0n) is 15.1. The number of aromatic nitrogens is 1. The molecule has 5 heteroatoms. The molecule has 2 aromatic carbocycles. The van der Waals surface area contributed by atoms with Crippen LogP contribution < -0.4 is 4.74 Å². The van der Waals surface area contributed by atoms with Gasteiger partial charge in [0.2, 0.25) is 0 Å². The van der Waals surface area contributed by atoms with Gasteiger partial charge in [-0.15, -0.1) is 0 Å². The second-order valence-corrected chi connectivity index (χ2v) is 6.56. The highest BCUT2D eigenvalue weighted by atomic mass is 16.5. The van der Waals surface area contributed by atoms with Gasteiger partial charge in [0, 0.05) is 23.8 Å². The maximum atomic E-state index is 9.02. The number of nitrogens with zero attached hydrogens (tertiary/aromatic N) is 1. The predicted molar refractivity (Wildman–Crippen MR) is 102 cm³/mol. The molecule has 1 N–H and O–H groups in total. The van der Waals surface area contributed by atoms with E-state index < -0.39 is 0 Å². The van der Waals surface area contributed by atoms with Crippen LogP contribution in [0.2, 0.25) is 0 Å². The van der Waals surface area contributed by atoms with Crippen molar-refractivity contribution in [3.63, 3.8) is 0 Å². The highest BCUT2D eigenvalue weighted by Crippen LogP contribution is 2.31. The van der Waals surface area contributed by atoms with E-state index in [1.165, 1.54) is 6.39 Å². The van der Waals surface area contributed by atoms with E-state index in [1.54, 1.807) is 12.5 Å². The van der Waals surface area contributed by atoms with E-state index in [-0.39, 0.29) is 12.7 Å². The number of rotatable bonds is 7. The number of aliphatic hydroxyl groups is 1. The van der Waals surface area contributed by atoms with Gasteiger partial charge in [-0.05, 0) is 37.1 Å². The first-order chi connectivity index (χ1) is 13.2. The second kappa shape index (κ2) is 7.68. The van der Waals surface area contributed by atoms with Gasteiger partial charge in [-0.1, -0.05) is 29.8 Å². The van der Waals surface area contributed by atoms with Crippen molar-refractivity contribution in [2.45, 2.75) is 25.9 Å². The fraction of sp³-hybridized carbons (Fsp3) is 0.227. The lowest BCUT2D eigenvalue weighted by Gasteiger charge is -2.18. The van der Waals surface area contributed by atoms with Crippen LogP contribution in [0, 0.1) is 6.92 Å². The molecule has 0 aliphatic rings. The third-order valence-electron chi connectivity index (χ3n) is 4.53. The van der Waals surface area contributed by atoms with Crippen molar-refractivity contribution in [1.82, 2.24) is 4.98 Å². The summed E-state index contributed by atoms with van der Waals surface area (Å²) in [6.45, 7) is 2.20. The number of benzene rings is 2. The van der Waals surface area contributed by atoms with Crippen LogP contribution in [-0.2, 0) is 6.42 Å². The Morgan fingerprint density at radius 1 is 1.15 bits per heavy atom. The summed E-state index contributed by atoms with van der Waals surface area (Å²) in [7, 11) is 0. The molecule has 2 aromatic heterocycles. The molecule has 1 unspecified atom stereocenters. The lowest BCUT2D eigenvalue weighted by Crippen LogP contribution is -2.10. The summed E-state index contributed by atoms with van der Waals surface area (Å²) in [4.78, 5) is 4.29. The number of ether oxygens (including phenoxy) is 1. The number of fused-ring (bicyclic) bond motifs is 1. The van der Waals surface area contributed by atoms with Gasteiger partial charge in [0.25, 0.3) is 0 Å². The molecule has 0 bridgehead atoms. The minimum absolute atomic E-state index is 0.152. The third-order valence-corrected chi connectivity index (χ3v) is 4.53. The molecule has 5 nitrogen and oxygen atoms in total. The molecular formula is C22H21NO4. The zero-order chi connectivity index (χ0) is 18.6. The van der Waals surface area contributed by atoms with E-state index in [9.17, 15) is 0 Å². The van der Waals surface area contributed by atoms with Crippen LogP contribution in [-0.4, -0.2) is 16.7 Å². The molecule has 0 radical (unpaired) electrons. The lowest BCUT2D eigenvalue weighted by molar-refractivity contribution is 0.242. The number of hydrogen-bond acceptors (Lipinski definition) is 5. The van der Waals surface area contributed by atoms with Gasteiger partial charge in [-0.2, -0.15) is 0 Å². The van der Waals surface area contributed by atoms with E-state index in [2.05, 4.69) is 24.0 Å². The van der Waals surface area contributed by atoms with E-state index in [0.29, 0.717) is 12.8 Å². The molecule has 0 saturated carbocycles. The maximum Gasteiger partial charge on any atom is 0.180 e. The largest absolute Gasteiger partial charge is 0.479 e. The number of furan rings is 1. The first-order valence-corrected chi connectivity index (χ1v) is 8.97. The molecule has 4 aromatic rings. The Morgan fingerprint density at radius 3 is 2.85 bits per heavy atom. The number of aliphatic hydroxyl groups excluding tert-OH is 1. The van der Waals surface area contributed by atoms with Crippen molar-refractivity contribution in [1.29, 1.82) is 0 Å². The Labute approximate surface area is 157 Å². The first kappa shape index (κ1) is 17.4. The Kier molecular flexibility index (Phi) is 4.94. The third kappa shape index (κ3) is 3.73. The highest BCUT2D eigenvalue weighted by Gasteiger charge is 2.20. The normalized spacial score (nSPS) is 12.4. The minimum atomic E-state index is -0.359. The van der Waals surface area contributed by atoms with Crippen molar-refractivity contribution in [2.24, 2.45) is 0 Å². The van der Waals surface area contributed by atoms with Crippen LogP contribution in [0.15, 0.2) is 70.2 Å². The van der Waals surface area contributed by atoms with Crippen LogP contribution in [0.4, 0.5) is 0 Å². The summed E-state index contributed by atoms with van der Waals surface area (Å²) in [5, 5.41) is 11.0. The quantitative estimate of drug-likeness (QED) is 0.510. The average Bonchev–Trinajstić information content (AvgIpc) is 3.34.